The lowest BCUT2D eigenvalue weighted by atomic mass is 10.0. The summed E-state index contributed by atoms with van der Waals surface area (Å²) >= 11 is 0.924. The van der Waals surface area contributed by atoms with Crippen LogP contribution in [0.2, 0.25) is 0 Å². The van der Waals surface area contributed by atoms with Crippen LogP contribution < -0.4 is 11.2 Å². The number of aromatic carboxylic acids is 1. The van der Waals surface area contributed by atoms with E-state index in [-0.39, 0.29) is 15.8 Å². The Morgan fingerprint density at radius 2 is 1.71 bits per heavy atom. The number of rotatable bonds is 5. The van der Waals surface area contributed by atoms with Crippen molar-refractivity contribution in [2.75, 3.05) is 0 Å². The average Bonchev–Trinajstić information content (AvgIpc) is 3.12. The standard InChI is InChI=1S/C21H16N2O4S/c24-19-17-16(12-28-18(17)20(25)26)22-21(27)23(19)15-8-4-7-14(11-15)10-9-13-5-2-1-3-6-13/h1-8,11-12H,9-10H2,(H,22,27)(H,25,26). The SMILES string of the molecule is O=C(O)c1scc2[nH]c(=O)n(-c3cccc(CCc4ccccc4)c3)c(=O)c12. The largest absolute Gasteiger partial charge is 0.477 e. The summed E-state index contributed by atoms with van der Waals surface area (Å²) in [5.74, 6) is -1.19. The normalized spacial score (nSPS) is 11.0. The quantitative estimate of drug-likeness (QED) is 0.545. The lowest BCUT2D eigenvalue weighted by Gasteiger charge is -2.08. The highest BCUT2D eigenvalue weighted by Gasteiger charge is 2.18. The molecule has 0 aliphatic rings. The summed E-state index contributed by atoms with van der Waals surface area (Å²) in [5.41, 5.74) is 1.63. The topological polar surface area (TPSA) is 92.2 Å². The lowest BCUT2D eigenvalue weighted by molar-refractivity contribution is 0.0704. The molecular weight excluding hydrogens is 376 g/mol. The van der Waals surface area contributed by atoms with Crippen molar-refractivity contribution in [2.45, 2.75) is 12.8 Å². The maximum atomic E-state index is 12.9. The van der Waals surface area contributed by atoms with Crippen molar-refractivity contribution in [1.82, 2.24) is 9.55 Å². The minimum atomic E-state index is -1.19. The Kier molecular flexibility index (Phi) is 4.67. The van der Waals surface area contributed by atoms with Gasteiger partial charge in [-0.3, -0.25) is 4.79 Å². The van der Waals surface area contributed by atoms with E-state index >= 15 is 0 Å². The molecule has 0 saturated carbocycles. The Morgan fingerprint density at radius 1 is 1.00 bits per heavy atom. The summed E-state index contributed by atoms with van der Waals surface area (Å²) in [4.78, 5) is 39.3. The number of carbonyl (C=O) groups is 1. The first-order valence-corrected chi connectivity index (χ1v) is 9.55. The van der Waals surface area contributed by atoms with Gasteiger partial charge in [0.15, 0.2) is 0 Å². The van der Waals surface area contributed by atoms with E-state index in [0.29, 0.717) is 5.69 Å². The summed E-state index contributed by atoms with van der Waals surface area (Å²) < 4.78 is 0.994. The molecule has 0 radical (unpaired) electrons. The summed E-state index contributed by atoms with van der Waals surface area (Å²) in [5, 5.41) is 10.8. The highest BCUT2D eigenvalue weighted by Crippen LogP contribution is 2.21. The molecule has 2 N–H and O–H groups in total. The number of hydrogen-bond acceptors (Lipinski definition) is 4. The van der Waals surface area contributed by atoms with Crippen LogP contribution in [-0.2, 0) is 12.8 Å². The van der Waals surface area contributed by atoms with Crippen LogP contribution in [0.15, 0.2) is 69.6 Å². The van der Waals surface area contributed by atoms with E-state index in [2.05, 4.69) is 17.1 Å². The van der Waals surface area contributed by atoms with E-state index < -0.39 is 17.2 Å². The fourth-order valence-corrected chi connectivity index (χ4v) is 4.04. The van der Waals surface area contributed by atoms with Gasteiger partial charge in [-0.1, -0.05) is 42.5 Å². The van der Waals surface area contributed by atoms with E-state index in [1.54, 1.807) is 18.2 Å². The average molecular weight is 392 g/mol. The first kappa shape index (κ1) is 17.9. The Bertz CT molecular complexity index is 1290. The monoisotopic (exact) mass is 392 g/mol. The first-order chi connectivity index (χ1) is 13.5. The van der Waals surface area contributed by atoms with E-state index in [9.17, 15) is 19.5 Å². The predicted molar refractivity (Wildman–Crippen MR) is 109 cm³/mol. The molecule has 140 valence electrons. The summed E-state index contributed by atoms with van der Waals surface area (Å²) in [6, 6.07) is 17.2. The van der Waals surface area contributed by atoms with Gasteiger partial charge in [-0.15, -0.1) is 11.3 Å². The van der Waals surface area contributed by atoms with Crippen LogP contribution in [0.5, 0.6) is 0 Å². The van der Waals surface area contributed by atoms with Gasteiger partial charge in [-0.05, 0) is 36.1 Å². The number of aromatic amines is 1. The van der Waals surface area contributed by atoms with Crippen molar-refractivity contribution in [3.05, 3.63) is 96.8 Å². The third-order valence-electron chi connectivity index (χ3n) is 4.56. The number of benzene rings is 2. The Labute approximate surface area is 163 Å². The number of fused-ring (bicyclic) bond motifs is 1. The number of aryl methyl sites for hydroxylation is 2. The number of carboxylic acid groups (broad SMARTS) is 1. The Hall–Kier alpha value is -3.45. The van der Waals surface area contributed by atoms with E-state index in [4.69, 9.17) is 0 Å². The van der Waals surface area contributed by atoms with Crippen LogP contribution in [0.3, 0.4) is 0 Å². The smallest absolute Gasteiger partial charge is 0.346 e. The molecule has 0 aliphatic heterocycles. The lowest BCUT2D eigenvalue weighted by Crippen LogP contribution is -2.33. The minimum Gasteiger partial charge on any atom is -0.477 e. The summed E-state index contributed by atoms with van der Waals surface area (Å²) in [7, 11) is 0. The van der Waals surface area contributed by atoms with Gasteiger partial charge in [-0.25, -0.2) is 14.2 Å². The van der Waals surface area contributed by atoms with Gasteiger partial charge in [0.05, 0.1) is 16.6 Å². The van der Waals surface area contributed by atoms with Gasteiger partial charge >= 0.3 is 11.7 Å². The van der Waals surface area contributed by atoms with Crippen LogP contribution in [0.4, 0.5) is 0 Å². The number of carboxylic acids is 1. The zero-order valence-corrected chi connectivity index (χ0v) is 15.5. The van der Waals surface area contributed by atoms with Gasteiger partial charge < -0.3 is 10.1 Å². The predicted octanol–water partition coefficient (Wildman–Crippen LogP) is 3.22. The van der Waals surface area contributed by atoms with Gasteiger partial charge in [-0.2, -0.15) is 0 Å². The zero-order chi connectivity index (χ0) is 19.7. The van der Waals surface area contributed by atoms with Crippen molar-refractivity contribution in [1.29, 1.82) is 0 Å². The van der Waals surface area contributed by atoms with Crippen LogP contribution in [0.1, 0.15) is 20.8 Å². The van der Waals surface area contributed by atoms with E-state index in [1.807, 2.05) is 24.3 Å². The number of nitrogens with zero attached hydrogens (tertiary/aromatic N) is 1. The number of aromatic nitrogens is 2. The zero-order valence-electron chi connectivity index (χ0n) is 14.7. The van der Waals surface area contributed by atoms with Crippen LogP contribution >= 0.6 is 11.3 Å². The van der Waals surface area contributed by atoms with Crippen LogP contribution in [-0.4, -0.2) is 20.6 Å². The van der Waals surface area contributed by atoms with Crippen molar-refractivity contribution >= 4 is 28.2 Å². The molecule has 28 heavy (non-hydrogen) atoms. The van der Waals surface area contributed by atoms with Gasteiger partial charge in [0.2, 0.25) is 0 Å². The second kappa shape index (κ2) is 7.28. The minimum absolute atomic E-state index is 0.0202. The molecule has 4 aromatic rings. The molecule has 0 unspecified atom stereocenters. The third-order valence-corrected chi connectivity index (χ3v) is 5.53. The fraction of sp³-hybridized carbons (Fsp3) is 0.0952. The molecule has 0 amide bonds. The molecule has 0 atom stereocenters. The van der Waals surface area contributed by atoms with Crippen LogP contribution in [0.25, 0.3) is 16.6 Å². The molecule has 0 fully saturated rings. The number of hydrogen-bond donors (Lipinski definition) is 2. The molecule has 2 aromatic heterocycles. The molecule has 2 aromatic carbocycles. The Balaban J connectivity index is 1.76. The molecule has 0 spiro atoms. The number of nitrogens with one attached hydrogen (secondary N) is 1. The van der Waals surface area contributed by atoms with Gasteiger partial charge in [0.1, 0.15) is 4.88 Å². The highest BCUT2D eigenvalue weighted by molar-refractivity contribution is 7.13. The van der Waals surface area contributed by atoms with Crippen molar-refractivity contribution in [3.8, 4) is 5.69 Å². The first-order valence-electron chi connectivity index (χ1n) is 8.67. The number of thiophene rings is 1. The second-order valence-corrected chi connectivity index (χ2v) is 7.26. The van der Waals surface area contributed by atoms with E-state index in [1.165, 1.54) is 10.9 Å². The van der Waals surface area contributed by atoms with Gasteiger partial charge in [0, 0.05) is 5.38 Å². The molecule has 0 bridgehead atoms. The molecule has 0 saturated heterocycles. The van der Waals surface area contributed by atoms with Crippen molar-refractivity contribution in [3.63, 3.8) is 0 Å². The molecule has 4 rings (SSSR count). The second-order valence-electron chi connectivity index (χ2n) is 6.38. The van der Waals surface area contributed by atoms with Gasteiger partial charge in [0.25, 0.3) is 5.56 Å². The maximum Gasteiger partial charge on any atom is 0.346 e. The third kappa shape index (κ3) is 3.27. The molecule has 2 heterocycles. The highest BCUT2D eigenvalue weighted by atomic mass is 32.1. The number of H-pyrrole nitrogens is 1. The maximum absolute atomic E-state index is 12.9. The van der Waals surface area contributed by atoms with Crippen LogP contribution in [0, 0.1) is 0 Å². The fourth-order valence-electron chi connectivity index (χ4n) is 3.21. The molecular formula is C21H16N2O4S. The van der Waals surface area contributed by atoms with Crippen molar-refractivity contribution < 1.29 is 9.90 Å². The molecule has 6 nitrogen and oxygen atoms in total. The van der Waals surface area contributed by atoms with Crippen molar-refractivity contribution in [2.24, 2.45) is 0 Å². The molecule has 7 heteroatoms. The van der Waals surface area contributed by atoms with E-state index in [0.717, 1.165) is 34.3 Å². The molecule has 0 aliphatic carbocycles. The summed E-state index contributed by atoms with van der Waals surface area (Å²) in [6.45, 7) is 0. The Morgan fingerprint density at radius 3 is 2.46 bits per heavy atom. The summed E-state index contributed by atoms with van der Waals surface area (Å²) in [6.07, 6.45) is 1.59.